The standard InChI is InChI=1S/C34H44N4O/c1-25-35-31-13-7-8-14-32(31)38(25)30-23-28-15-16-29(24-30)37(28)22-19-34(27-11-3-2-4-12-27)17-20-36(21-18-34)33(39)26-9-5-6-10-26/h2-4,7-8,11-14,26,28-30H,5-6,9-10,15-24H2,1H3. The number of benzene rings is 2. The van der Waals surface area contributed by atoms with Crippen LogP contribution >= 0.6 is 0 Å². The molecule has 1 aromatic heterocycles. The van der Waals surface area contributed by atoms with Crippen molar-refractivity contribution in [2.45, 2.75) is 101 Å². The van der Waals surface area contributed by atoms with Crippen molar-refractivity contribution in [1.82, 2.24) is 19.4 Å². The van der Waals surface area contributed by atoms with E-state index in [1.165, 1.54) is 62.6 Å². The molecule has 2 atom stereocenters. The molecule has 2 bridgehead atoms. The number of aromatic nitrogens is 2. The van der Waals surface area contributed by atoms with Crippen LogP contribution in [0.3, 0.4) is 0 Å². The molecule has 39 heavy (non-hydrogen) atoms. The van der Waals surface area contributed by atoms with E-state index < -0.39 is 0 Å². The first kappa shape index (κ1) is 25.3. The van der Waals surface area contributed by atoms with Crippen molar-refractivity contribution in [1.29, 1.82) is 0 Å². The maximum Gasteiger partial charge on any atom is 0.225 e. The molecule has 3 aliphatic heterocycles. The number of aryl methyl sites for hydroxylation is 1. The predicted molar refractivity (Wildman–Crippen MR) is 157 cm³/mol. The highest BCUT2D eigenvalue weighted by Crippen LogP contribution is 2.45. The van der Waals surface area contributed by atoms with Crippen molar-refractivity contribution in [3.05, 3.63) is 66.0 Å². The van der Waals surface area contributed by atoms with Gasteiger partial charge in [-0.2, -0.15) is 0 Å². The van der Waals surface area contributed by atoms with Crippen LogP contribution in [0.2, 0.25) is 0 Å². The highest BCUT2D eigenvalue weighted by molar-refractivity contribution is 5.79. The van der Waals surface area contributed by atoms with Crippen LogP contribution in [0.1, 0.15) is 88.1 Å². The molecule has 2 aromatic carbocycles. The van der Waals surface area contributed by atoms with E-state index >= 15 is 0 Å². The van der Waals surface area contributed by atoms with Crippen LogP contribution < -0.4 is 0 Å². The van der Waals surface area contributed by atoms with Crippen LogP contribution in [-0.4, -0.2) is 57.0 Å². The first-order valence-electron chi connectivity index (χ1n) is 15.6. The molecule has 0 spiro atoms. The molecule has 3 aromatic rings. The number of carbonyl (C=O) groups excluding carboxylic acids is 1. The lowest BCUT2D eigenvalue weighted by Crippen LogP contribution is -2.49. The van der Waals surface area contributed by atoms with Gasteiger partial charge in [-0.25, -0.2) is 4.98 Å². The van der Waals surface area contributed by atoms with Crippen LogP contribution in [0.25, 0.3) is 11.0 Å². The van der Waals surface area contributed by atoms with Crippen molar-refractivity contribution >= 4 is 16.9 Å². The number of hydrogen-bond donors (Lipinski definition) is 0. The van der Waals surface area contributed by atoms with Crippen LogP contribution in [0, 0.1) is 12.8 Å². The summed E-state index contributed by atoms with van der Waals surface area (Å²) in [5.41, 5.74) is 4.10. The van der Waals surface area contributed by atoms with Gasteiger partial charge in [-0.1, -0.05) is 55.3 Å². The van der Waals surface area contributed by atoms with E-state index in [0.717, 1.165) is 50.1 Å². The van der Waals surface area contributed by atoms with Crippen molar-refractivity contribution < 1.29 is 4.79 Å². The molecule has 0 N–H and O–H groups in total. The average Bonchev–Trinajstić information content (AvgIpc) is 3.68. The molecule has 3 saturated heterocycles. The van der Waals surface area contributed by atoms with Gasteiger partial charge >= 0.3 is 0 Å². The first-order chi connectivity index (χ1) is 19.1. The van der Waals surface area contributed by atoms with Gasteiger partial charge in [-0.3, -0.25) is 9.69 Å². The number of likely N-dealkylation sites (tertiary alicyclic amines) is 1. The van der Waals surface area contributed by atoms with Crippen molar-refractivity contribution in [3.8, 4) is 0 Å². The lowest BCUT2D eigenvalue weighted by molar-refractivity contribution is -0.137. The minimum atomic E-state index is 0.182. The van der Waals surface area contributed by atoms with E-state index in [-0.39, 0.29) is 5.41 Å². The molecule has 206 valence electrons. The van der Waals surface area contributed by atoms with Gasteiger partial charge in [0.05, 0.1) is 11.0 Å². The van der Waals surface area contributed by atoms with Gasteiger partial charge in [0.25, 0.3) is 0 Å². The van der Waals surface area contributed by atoms with Gasteiger partial charge in [0.1, 0.15) is 5.82 Å². The van der Waals surface area contributed by atoms with E-state index in [0.29, 0.717) is 30.0 Å². The largest absolute Gasteiger partial charge is 0.342 e. The Morgan fingerprint density at radius 2 is 1.54 bits per heavy atom. The number of piperidine rings is 2. The number of imidazole rings is 1. The minimum absolute atomic E-state index is 0.182. The summed E-state index contributed by atoms with van der Waals surface area (Å²) in [6.45, 7) is 5.21. The summed E-state index contributed by atoms with van der Waals surface area (Å²) >= 11 is 0. The summed E-state index contributed by atoms with van der Waals surface area (Å²) < 4.78 is 2.54. The smallest absolute Gasteiger partial charge is 0.225 e. The third-order valence-corrected chi connectivity index (χ3v) is 11.0. The van der Waals surface area contributed by atoms with Crippen molar-refractivity contribution in [2.75, 3.05) is 19.6 Å². The second-order valence-electron chi connectivity index (χ2n) is 13.0. The van der Waals surface area contributed by atoms with Gasteiger partial charge in [-0.15, -0.1) is 0 Å². The van der Waals surface area contributed by atoms with Gasteiger partial charge < -0.3 is 9.47 Å². The Morgan fingerprint density at radius 1 is 0.872 bits per heavy atom. The Kier molecular flexibility index (Phi) is 6.74. The third kappa shape index (κ3) is 4.61. The second kappa shape index (κ2) is 10.4. The fourth-order valence-electron chi connectivity index (χ4n) is 8.85. The highest BCUT2D eigenvalue weighted by Gasteiger charge is 2.44. The number of rotatable bonds is 6. The maximum absolute atomic E-state index is 13.2. The summed E-state index contributed by atoms with van der Waals surface area (Å²) in [4.78, 5) is 23.2. The van der Waals surface area contributed by atoms with Crippen molar-refractivity contribution in [3.63, 3.8) is 0 Å². The van der Waals surface area contributed by atoms with Crippen LogP contribution in [0.4, 0.5) is 0 Å². The van der Waals surface area contributed by atoms with Crippen LogP contribution in [0.5, 0.6) is 0 Å². The number of hydrogen-bond acceptors (Lipinski definition) is 3. The summed E-state index contributed by atoms with van der Waals surface area (Å²) in [5.74, 6) is 1.90. The second-order valence-corrected chi connectivity index (χ2v) is 13.0. The molecule has 4 heterocycles. The van der Waals surface area contributed by atoms with Crippen LogP contribution in [0.15, 0.2) is 54.6 Å². The first-order valence-corrected chi connectivity index (χ1v) is 15.6. The molecular formula is C34H44N4O. The quantitative estimate of drug-likeness (QED) is 0.362. The molecular weight excluding hydrogens is 480 g/mol. The topological polar surface area (TPSA) is 41.4 Å². The monoisotopic (exact) mass is 524 g/mol. The summed E-state index contributed by atoms with van der Waals surface area (Å²) in [6.07, 6.45) is 13.2. The SMILES string of the molecule is Cc1nc2ccccc2n1C1CC2CCC(C1)N2CCC1(c2ccccc2)CCN(C(=O)C2CCCC2)CC1. The number of carbonyl (C=O) groups is 1. The Bertz CT molecular complexity index is 1290. The third-order valence-electron chi connectivity index (χ3n) is 11.0. The zero-order chi connectivity index (χ0) is 26.4. The summed E-state index contributed by atoms with van der Waals surface area (Å²) in [7, 11) is 0. The number of nitrogens with zero attached hydrogens (tertiary/aromatic N) is 4. The lowest BCUT2D eigenvalue weighted by atomic mass is 9.70. The summed E-state index contributed by atoms with van der Waals surface area (Å²) in [6, 6.07) is 21.8. The van der Waals surface area contributed by atoms with E-state index in [1.54, 1.807) is 0 Å². The molecule has 1 saturated carbocycles. The van der Waals surface area contributed by atoms with Crippen LogP contribution in [-0.2, 0) is 10.2 Å². The molecule has 4 aliphatic rings. The average molecular weight is 525 g/mol. The van der Waals surface area contributed by atoms with E-state index in [4.69, 9.17) is 4.98 Å². The molecule has 1 aliphatic carbocycles. The molecule has 5 heteroatoms. The molecule has 7 rings (SSSR count). The molecule has 2 unspecified atom stereocenters. The highest BCUT2D eigenvalue weighted by atomic mass is 16.2. The Hall–Kier alpha value is -2.66. The zero-order valence-electron chi connectivity index (χ0n) is 23.6. The van der Waals surface area contributed by atoms with Gasteiger partial charge in [0, 0.05) is 37.1 Å². The van der Waals surface area contributed by atoms with E-state index in [9.17, 15) is 4.79 Å². The zero-order valence-corrected chi connectivity index (χ0v) is 23.6. The predicted octanol–water partition coefficient (Wildman–Crippen LogP) is 6.65. The fourth-order valence-corrected chi connectivity index (χ4v) is 8.85. The lowest BCUT2D eigenvalue weighted by Gasteiger charge is -2.46. The molecule has 0 radical (unpaired) electrons. The normalized spacial score (nSPS) is 27.4. The number of para-hydroxylation sites is 2. The molecule has 1 amide bonds. The van der Waals surface area contributed by atoms with Crippen molar-refractivity contribution in [2.24, 2.45) is 5.92 Å². The molecule has 4 fully saturated rings. The summed E-state index contributed by atoms with van der Waals surface area (Å²) in [5, 5.41) is 0. The minimum Gasteiger partial charge on any atom is -0.342 e. The molecule has 5 nitrogen and oxygen atoms in total. The Balaban J connectivity index is 1.06. The van der Waals surface area contributed by atoms with Gasteiger partial charge in [0.15, 0.2) is 0 Å². The Morgan fingerprint density at radius 3 is 2.26 bits per heavy atom. The van der Waals surface area contributed by atoms with E-state index in [1.807, 2.05) is 0 Å². The Labute approximate surface area is 233 Å². The van der Waals surface area contributed by atoms with Gasteiger partial charge in [0.2, 0.25) is 5.91 Å². The maximum atomic E-state index is 13.2. The fraction of sp³-hybridized carbons (Fsp3) is 0.588. The van der Waals surface area contributed by atoms with E-state index in [2.05, 4.69) is 75.9 Å². The number of amides is 1. The van der Waals surface area contributed by atoms with Gasteiger partial charge in [-0.05, 0) is 94.4 Å². The number of fused-ring (bicyclic) bond motifs is 3.